The minimum absolute atomic E-state index is 0.0424. The van der Waals surface area contributed by atoms with Gasteiger partial charge in [-0.05, 0) is 41.8 Å². The number of carbonyl (C=O) groups excluding carboxylic acids is 1. The first kappa shape index (κ1) is 14.1. The van der Waals surface area contributed by atoms with Crippen LogP contribution in [0.1, 0.15) is 24.1 Å². The van der Waals surface area contributed by atoms with Crippen molar-refractivity contribution < 1.29 is 4.79 Å². The lowest BCUT2D eigenvalue weighted by Crippen LogP contribution is -2.63. The van der Waals surface area contributed by atoms with E-state index < -0.39 is 6.04 Å². The molecule has 2 aromatic carbocycles. The maximum Gasteiger partial charge on any atom is 0.247 e. The van der Waals surface area contributed by atoms with Gasteiger partial charge in [-0.1, -0.05) is 42.8 Å². The molecule has 1 fully saturated rings. The average molecular weight is 301 g/mol. The molecule has 0 bridgehead atoms. The Balaban J connectivity index is 1.92. The number of amides is 1. The van der Waals surface area contributed by atoms with E-state index in [4.69, 9.17) is 17.3 Å². The highest BCUT2D eigenvalue weighted by Gasteiger charge is 2.46. The topological polar surface area (TPSA) is 46.3 Å². The number of halogens is 1. The van der Waals surface area contributed by atoms with E-state index in [1.54, 1.807) is 4.90 Å². The zero-order chi connectivity index (χ0) is 15.0. The number of β-lactam (4-membered cyclic amide) rings is 1. The number of carbonyl (C=O) groups is 1. The van der Waals surface area contributed by atoms with Crippen LogP contribution >= 0.6 is 11.6 Å². The molecule has 0 unspecified atom stereocenters. The Kier molecular flexibility index (Phi) is 3.70. The number of anilines is 1. The van der Waals surface area contributed by atoms with Crippen LogP contribution in [0.15, 0.2) is 48.5 Å². The summed E-state index contributed by atoms with van der Waals surface area (Å²) in [5.41, 5.74) is 9.14. The summed E-state index contributed by atoms with van der Waals surface area (Å²) in [6.07, 6.45) is 0.981. The van der Waals surface area contributed by atoms with E-state index in [0.29, 0.717) is 5.02 Å². The smallest absolute Gasteiger partial charge is 0.247 e. The number of aryl methyl sites for hydroxylation is 1. The summed E-state index contributed by atoms with van der Waals surface area (Å²) in [6.45, 7) is 2.11. The van der Waals surface area contributed by atoms with Crippen molar-refractivity contribution >= 4 is 23.2 Å². The predicted octanol–water partition coefficient (Wildman–Crippen LogP) is 3.32. The Morgan fingerprint density at radius 1 is 1.10 bits per heavy atom. The molecule has 2 atom stereocenters. The van der Waals surface area contributed by atoms with Gasteiger partial charge in [-0.15, -0.1) is 0 Å². The number of rotatable bonds is 3. The third-order valence-corrected chi connectivity index (χ3v) is 4.23. The van der Waals surface area contributed by atoms with Gasteiger partial charge >= 0.3 is 0 Å². The van der Waals surface area contributed by atoms with Crippen LogP contribution in [0.5, 0.6) is 0 Å². The highest BCUT2D eigenvalue weighted by molar-refractivity contribution is 6.30. The molecule has 1 heterocycles. The standard InChI is InChI=1S/C17H17ClN2O/c1-2-11-3-9-14(10-4-11)20-16(15(19)17(20)21)12-5-7-13(18)8-6-12/h3-10,15-16H,2,19H2,1H3/t15-,16+/m0/s1. The second kappa shape index (κ2) is 5.51. The van der Waals surface area contributed by atoms with Gasteiger partial charge in [0.05, 0.1) is 6.04 Å². The van der Waals surface area contributed by atoms with E-state index in [0.717, 1.165) is 17.7 Å². The lowest BCUT2D eigenvalue weighted by Gasteiger charge is -2.45. The summed E-state index contributed by atoms with van der Waals surface area (Å²) < 4.78 is 0. The summed E-state index contributed by atoms with van der Waals surface area (Å²) >= 11 is 5.92. The Morgan fingerprint density at radius 2 is 1.71 bits per heavy atom. The van der Waals surface area contributed by atoms with Crippen molar-refractivity contribution in [1.82, 2.24) is 0 Å². The molecule has 21 heavy (non-hydrogen) atoms. The van der Waals surface area contributed by atoms with E-state index in [9.17, 15) is 4.79 Å². The summed E-state index contributed by atoms with van der Waals surface area (Å²) in [7, 11) is 0. The summed E-state index contributed by atoms with van der Waals surface area (Å²) in [5.74, 6) is -0.0424. The molecule has 1 amide bonds. The van der Waals surface area contributed by atoms with E-state index >= 15 is 0 Å². The first-order chi connectivity index (χ1) is 10.1. The first-order valence-electron chi connectivity index (χ1n) is 7.05. The SMILES string of the molecule is CCc1ccc(N2C(=O)[C@@H](N)[C@H]2c2ccc(Cl)cc2)cc1. The van der Waals surface area contributed by atoms with Gasteiger partial charge < -0.3 is 10.6 Å². The lowest BCUT2D eigenvalue weighted by atomic mass is 9.88. The average Bonchev–Trinajstić information content (AvgIpc) is 2.53. The highest BCUT2D eigenvalue weighted by atomic mass is 35.5. The molecule has 2 aromatic rings. The molecule has 4 heteroatoms. The molecule has 0 saturated carbocycles. The number of hydrogen-bond acceptors (Lipinski definition) is 2. The van der Waals surface area contributed by atoms with Gasteiger partial charge in [0.25, 0.3) is 0 Å². The van der Waals surface area contributed by atoms with Gasteiger partial charge in [-0.3, -0.25) is 4.79 Å². The van der Waals surface area contributed by atoms with E-state index in [-0.39, 0.29) is 11.9 Å². The van der Waals surface area contributed by atoms with Crippen molar-refractivity contribution in [2.75, 3.05) is 4.90 Å². The number of nitrogens with zero attached hydrogens (tertiary/aromatic N) is 1. The molecule has 1 saturated heterocycles. The van der Waals surface area contributed by atoms with Crippen molar-refractivity contribution in [1.29, 1.82) is 0 Å². The minimum atomic E-state index is -0.489. The fourth-order valence-electron chi connectivity index (χ4n) is 2.71. The van der Waals surface area contributed by atoms with E-state index in [1.165, 1.54) is 5.56 Å². The third kappa shape index (κ3) is 2.43. The first-order valence-corrected chi connectivity index (χ1v) is 7.42. The van der Waals surface area contributed by atoms with Crippen molar-refractivity contribution in [3.8, 4) is 0 Å². The molecule has 2 N–H and O–H groups in total. The number of hydrogen-bond donors (Lipinski definition) is 1. The van der Waals surface area contributed by atoms with Crippen molar-refractivity contribution in [3.05, 3.63) is 64.7 Å². The molecule has 1 aliphatic rings. The third-order valence-electron chi connectivity index (χ3n) is 3.98. The van der Waals surface area contributed by atoms with Crippen LogP contribution in [0.4, 0.5) is 5.69 Å². The Labute approximate surface area is 129 Å². The maximum atomic E-state index is 12.1. The van der Waals surface area contributed by atoms with Gasteiger partial charge in [-0.25, -0.2) is 0 Å². The molecular formula is C17H17ClN2O. The summed E-state index contributed by atoms with van der Waals surface area (Å²) in [4.78, 5) is 13.9. The Hall–Kier alpha value is -1.84. The summed E-state index contributed by atoms with van der Waals surface area (Å²) in [6, 6.07) is 14.9. The van der Waals surface area contributed by atoms with Crippen molar-refractivity contribution in [3.63, 3.8) is 0 Å². The van der Waals surface area contributed by atoms with Crippen LogP contribution in [0, 0.1) is 0 Å². The summed E-state index contributed by atoms with van der Waals surface area (Å²) in [5, 5.41) is 0.678. The van der Waals surface area contributed by atoms with E-state index in [1.807, 2.05) is 48.5 Å². The molecule has 3 rings (SSSR count). The molecule has 0 aliphatic carbocycles. The van der Waals surface area contributed by atoms with Crippen LogP contribution in [-0.4, -0.2) is 11.9 Å². The number of benzene rings is 2. The largest absolute Gasteiger partial charge is 0.318 e. The Bertz CT molecular complexity index is 651. The van der Waals surface area contributed by atoms with Gasteiger partial charge in [0, 0.05) is 10.7 Å². The van der Waals surface area contributed by atoms with Gasteiger partial charge in [0.1, 0.15) is 6.04 Å². The fraction of sp³-hybridized carbons (Fsp3) is 0.235. The minimum Gasteiger partial charge on any atom is -0.318 e. The quantitative estimate of drug-likeness (QED) is 0.884. The number of nitrogens with two attached hydrogens (primary N) is 1. The normalized spacial score (nSPS) is 21.3. The van der Waals surface area contributed by atoms with Crippen LogP contribution in [0.3, 0.4) is 0 Å². The molecule has 0 aromatic heterocycles. The van der Waals surface area contributed by atoms with Crippen LogP contribution in [0.2, 0.25) is 5.02 Å². The molecule has 3 nitrogen and oxygen atoms in total. The second-order valence-electron chi connectivity index (χ2n) is 5.25. The zero-order valence-corrected chi connectivity index (χ0v) is 12.5. The van der Waals surface area contributed by atoms with Gasteiger partial charge in [0.2, 0.25) is 5.91 Å². The van der Waals surface area contributed by atoms with Crippen LogP contribution in [-0.2, 0) is 11.2 Å². The molecule has 108 valence electrons. The molecule has 0 spiro atoms. The predicted molar refractivity (Wildman–Crippen MR) is 85.5 cm³/mol. The Morgan fingerprint density at radius 3 is 2.29 bits per heavy atom. The van der Waals surface area contributed by atoms with Crippen LogP contribution in [0.25, 0.3) is 0 Å². The fourth-order valence-corrected chi connectivity index (χ4v) is 2.83. The molecular weight excluding hydrogens is 284 g/mol. The maximum absolute atomic E-state index is 12.1. The molecule has 0 radical (unpaired) electrons. The molecule has 1 aliphatic heterocycles. The van der Waals surface area contributed by atoms with Gasteiger partial charge in [-0.2, -0.15) is 0 Å². The van der Waals surface area contributed by atoms with Crippen LogP contribution < -0.4 is 10.6 Å². The van der Waals surface area contributed by atoms with Gasteiger partial charge in [0.15, 0.2) is 0 Å². The second-order valence-corrected chi connectivity index (χ2v) is 5.69. The van der Waals surface area contributed by atoms with Crippen molar-refractivity contribution in [2.24, 2.45) is 5.73 Å². The monoisotopic (exact) mass is 300 g/mol. The van der Waals surface area contributed by atoms with E-state index in [2.05, 4.69) is 6.92 Å². The lowest BCUT2D eigenvalue weighted by molar-refractivity contribution is -0.126. The highest BCUT2D eigenvalue weighted by Crippen LogP contribution is 2.38. The van der Waals surface area contributed by atoms with Crippen molar-refractivity contribution in [2.45, 2.75) is 25.4 Å². The zero-order valence-electron chi connectivity index (χ0n) is 11.8.